The van der Waals surface area contributed by atoms with Gasteiger partial charge in [0.2, 0.25) is 5.24 Å². The fourth-order valence-corrected chi connectivity index (χ4v) is 1.48. The first kappa shape index (κ1) is 13.6. The fourth-order valence-electron chi connectivity index (χ4n) is 1.35. The zero-order chi connectivity index (χ0) is 12.5. The number of ether oxygens (including phenoxy) is 1. The SMILES string of the molecule is N=Nc1ccc(OCCCCCC(=O)Cl)cc1. The minimum absolute atomic E-state index is 0.277. The van der Waals surface area contributed by atoms with Crippen molar-refractivity contribution in [3.8, 4) is 5.75 Å². The molecule has 17 heavy (non-hydrogen) atoms. The van der Waals surface area contributed by atoms with Gasteiger partial charge in [0, 0.05) is 6.42 Å². The van der Waals surface area contributed by atoms with Crippen molar-refractivity contribution in [1.82, 2.24) is 0 Å². The fraction of sp³-hybridized carbons (Fsp3) is 0.417. The Morgan fingerprint density at radius 1 is 1.24 bits per heavy atom. The average Bonchev–Trinajstić information content (AvgIpc) is 2.34. The molecule has 0 unspecified atom stereocenters. The number of benzene rings is 1. The van der Waals surface area contributed by atoms with Gasteiger partial charge in [0.15, 0.2) is 0 Å². The molecule has 0 fully saturated rings. The largest absolute Gasteiger partial charge is 0.494 e. The molecule has 0 atom stereocenters. The molecule has 1 rings (SSSR count). The third-order valence-electron chi connectivity index (χ3n) is 2.25. The number of unbranched alkanes of at least 4 members (excludes halogenated alkanes) is 2. The molecule has 0 amide bonds. The van der Waals surface area contributed by atoms with Gasteiger partial charge < -0.3 is 4.74 Å². The van der Waals surface area contributed by atoms with Gasteiger partial charge in [0.25, 0.3) is 0 Å². The molecule has 92 valence electrons. The van der Waals surface area contributed by atoms with E-state index >= 15 is 0 Å². The Bertz CT molecular complexity index is 365. The molecule has 4 nitrogen and oxygen atoms in total. The second-order valence-electron chi connectivity index (χ2n) is 3.62. The number of hydrogen-bond acceptors (Lipinski definition) is 4. The van der Waals surface area contributed by atoms with Crippen LogP contribution in [0.4, 0.5) is 5.69 Å². The highest BCUT2D eigenvalue weighted by atomic mass is 35.5. The molecule has 0 aliphatic carbocycles. The van der Waals surface area contributed by atoms with Crippen molar-refractivity contribution in [2.45, 2.75) is 25.7 Å². The number of rotatable bonds is 8. The van der Waals surface area contributed by atoms with Crippen molar-refractivity contribution in [3.63, 3.8) is 0 Å². The maximum Gasteiger partial charge on any atom is 0.221 e. The first-order chi connectivity index (χ1) is 8.22. The summed E-state index contributed by atoms with van der Waals surface area (Å²) in [7, 11) is 0. The number of halogens is 1. The molecule has 0 bridgehead atoms. The number of nitrogens with zero attached hydrogens (tertiary/aromatic N) is 1. The van der Waals surface area contributed by atoms with Crippen LogP contribution in [0.1, 0.15) is 25.7 Å². The van der Waals surface area contributed by atoms with E-state index in [1.54, 1.807) is 24.3 Å². The van der Waals surface area contributed by atoms with Gasteiger partial charge in [-0.3, -0.25) is 4.79 Å². The van der Waals surface area contributed by atoms with Crippen molar-refractivity contribution in [2.24, 2.45) is 5.11 Å². The summed E-state index contributed by atoms with van der Waals surface area (Å²) in [5.41, 5.74) is 7.42. The van der Waals surface area contributed by atoms with Gasteiger partial charge in [-0.15, -0.1) is 0 Å². The summed E-state index contributed by atoms with van der Waals surface area (Å²) in [6, 6.07) is 7.04. The number of carbonyl (C=O) groups excluding carboxylic acids is 1. The van der Waals surface area contributed by atoms with Gasteiger partial charge in [0.05, 0.1) is 12.3 Å². The number of hydrogen-bond donors (Lipinski definition) is 1. The Labute approximate surface area is 105 Å². The molecule has 0 heterocycles. The van der Waals surface area contributed by atoms with E-state index in [9.17, 15) is 4.79 Å². The zero-order valence-electron chi connectivity index (χ0n) is 9.49. The van der Waals surface area contributed by atoms with Crippen LogP contribution in [-0.2, 0) is 4.79 Å². The van der Waals surface area contributed by atoms with Gasteiger partial charge >= 0.3 is 0 Å². The van der Waals surface area contributed by atoms with Gasteiger partial charge in [-0.2, -0.15) is 5.11 Å². The Morgan fingerprint density at radius 2 is 1.94 bits per heavy atom. The molecule has 0 radical (unpaired) electrons. The molecule has 0 aliphatic heterocycles. The second kappa shape index (κ2) is 7.79. The summed E-state index contributed by atoms with van der Waals surface area (Å²) < 4.78 is 5.49. The van der Waals surface area contributed by atoms with Gasteiger partial charge in [-0.25, -0.2) is 5.53 Å². The molecule has 1 aromatic carbocycles. The van der Waals surface area contributed by atoms with E-state index in [0.717, 1.165) is 25.0 Å². The van der Waals surface area contributed by atoms with Crippen molar-refractivity contribution < 1.29 is 9.53 Å². The second-order valence-corrected chi connectivity index (χ2v) is 4.04. The van der Waals surface area contributed by atoms with Crippen LogP contribution in [0, 0.1) is 5.53 Å². The molecule has 0 saturated carbocycles. The standard InChI is InChI=1S/C12H15ClN2O2/c13-12(16)4-2-1-3-9-17-11-7-5-10(15-14)6-8-11/h5-8,14H,1-4,9H2. The lowest BCUT2D eigenvalue weighted by molar-refractivity contribution is -0.111. The maximum atomic E-state index is 10.5. The van der Waals surface area contributed by atoms with Crippen LogP contribution >= 0.6 is 11.6 Å². The zero-order valence-corrected chi connectivity index (χ0v) is 10.2. The van der Waals surface area contributed by atoms with E-state index < -0.39 is 0 Å². The molecule has 5 heteroatoms. The highest BCUT2D eigenvalue weighted by molar-refractivity contribution is 6.63. The molecular formula is C12H15ClN2O2. The number of nitrogens with one attached hydrogen (secondary N) is 1. The first-order valence-corrected chi connectivity index (χ1v) is 5.89. The first-order valence-electron chi connectivity index (χ1n) is 5.51. The molecule has 0 saturated heterocycles. The quantitative estimate of drug-likeness (QED) is 0.432. The van der Waals surface area contributed by atoms with Crippen LogP contribution in [-0.4, -0.2) is 11.8 Å². The van der Waals surface area contributed by atoms with E-state index in [4.69, 9.17) is 21.9 Å². The third kappa shape index (κ3) is 6.02. The van der Waals surface area contributed by atoms with Crippen LogP contribution in [0.2, 0.25) is 0 Å². The summed E-state index contributed by atoms with van der Waals surface area (Å²) in [4.78, 5) is 10.5. The molecular weight excluding hydrogens is 240 g/mol. The van der Waals surface area contributed by atoms with Crippen molar-refractivity contribution in [2.75, 3.05) is 6.61 Å². The summed E-state index contributed by atoms with van der Waals surface area (Å²) in [5.74, 6) is 0.769. The third-order valence-corrected chi connectivity index (χ3v) is 2.44. The summed E-state index contributed by atoms with van der Waals surface area (Å²) in [6.07, 6.45) is 3.07. The van der Waals surface area contributed by atoms with Gasteiger partial charge in [-0.1, -0.05) is 0 Å². The highest BCUT2D eigenvalue weighted by Gasteiger charge is 1.97. The van der Waals surface area contributed by atoms with Crippen molar-refractivity contribution in [3.05, 3.63) is 24.3 Å². The smallest absolute Gasteiger partial charge is 0.221 e. The average molecular weight is 255 g/mol. The lowest BCUT2D eigenvalue weighted by Gasteiger charge is -2.05. The molecule has 0 spiro atoms. The minimum atomic E-state index is -0.277. The lowest BCUT2D eigenvalue weighted by atomic mass is 10.2. The monoisotopic (exact) mass is 254 g/mol. The predicted molar refractivity (Wildman–Crippen MR) is 66.1 cm³/mol. The Kier molecular flexibility index (Phi) is 6.25. The Balaban J connectivity index is 2.13. The summed E-state index contributed by atoms with van der Waals surface area (Å²) in [6.45, 7) is 0.619. The van der Waals surface area contributed by atoms with E-state index in [1.807, 2.05) is 0 Å². The Hall–Kier alpha value is -1.42. The van der Waals surface area contributed by atoms with Crippen LogP contribution < -0.4 is 4.74 Å². The number of carbonyl (C=O) groups is 1. The van der Waals surface area contributed by atoms with E-state index in [0.29, 0.717) is 18.7 Å². The minimum Gasteiger partial charge on any atom is -0.494 e. The van der Waals surface area contributed by atoms with Crippen LogP contribution in [0.5, 0.6) is 5.75 Å². The molecule has 1 aromatic rings. The van der Waals surface area contributed by atoms with E-state index in [-0.39, 0.29) is 5.24 Å². The van der Waals surface area contributed by atoms with Gasteiger partial charge in [0.1, 0.15) is 5.75 Å². The van der Waals surface area contributed by atoms with E-state index in [1.165, 1.54) is 0 Å². The maximum absolute atomic E-state index is 10.5. The summed E-state index contributed by atoms with van der Waals surface area (Å²) >= 11 is 5.22. The molecule has 0 aliphatic rings. The van der Waals surface area contributed by atoms with Crippen LogP contribution in [0.25, 0.3) is 0 Å². The summed E-state index contributed by atoms with van der Waals surface area (Å²) in [5, 5.41) is 3.02. The highest BCUT2D eigenvalue weighted by Crippen LogP contribution is 2.17. The predicted octanol–water partition coefficient (Wildman–Crippen LogP) is 4.05. The van der Waals surface area contributed by atoms with Gasteiger partial charge in [-0.05, 0) is 55.1 Å². The van der Waals surface area contributed by atoms with E-state index in [2.05, 4.69) is 5.11 Å². The topological polar surface area (TPSA) is 62.5 Å². The Morgan fingerprint density at radius 3 is 2.53 bits per heavy atom. The molecule has 1 N–H and O–H groups in total. The van der Waals surface area contributed by atoms with Crippen molar-refractivity contribution >= 4 is 22.5 Å². The van der Waals surface area contributed by atoms with Crippen molar-refractivity contribution in [1.29, 1.82) is 5.53 Å². The van der Waals surface area contributed by atoms with Crippen LogP contribution in [0.3, 0.4) is 0 Å². The van der Waals surface area contributed by atoms with Crippen LogP contribution in [0.15, 0.2) is 29.4 Å². The normalized spacial score (nSPS) is 9.94. The lowest BCUT2D eigenvalue weighted by Crippen LogP contribution is -1.97. The molecule has 0 aromatic heterocycles.